The van der Waals surface area contributed by atoms with Crippen molar-refractivity contribution in [3.05, 3.63) is 0 Å². The van der Waals surface area contributed by atoms with Gasteiger partial charge in [0.25, 0.3) is 0 Å². The van der Waals surface area contributed by atoms with Gasteiger partial charge in [0.05, 0.1) is 0 Å². The molecule has 0 aliphatic rings. The minimum absolute atomic E-state index is 0.720. The number of amides is 1. The molecule has 0 aromatic carbocycles. The van der Waals surface area contributed by atoms with Crippen molar-refractivity contribution in [2.24, 2.45) is 5.92 Å². The molecule has 2 heteroatoms. The second kappa shape index (κ2) is 6.20. The van der Waals surface area contributed by atoms with Crippen LogP contribution in [0.5, 0.6) is 0 Å². The molecule has 0 fully saturated rings. The van der Waals surface area contributed by atoms with E-state index in [0.29, 0.717) is 0 Å². The summed E-state index contributed by atoms with van der Waals surface area (Å²) in [6, 6.07) is 0. The highest BCUT2D eigenvalue weighted by Gasteiger charge is 2.02. The van der Waals surface area contributed by atoms with Crippen LogP contribution in [0, 0.1) is 5.92 Å². The molecule has 1 unspecified atom stereocenters. The van der Waals surface area contributed by atoms with Gasteiger partial charge in [-0.05, 0) is 19.3 Å². The van der Waals surface area contributed by atoms with Crippen molar-refractivity contribution in [2.75, 3.05) is 13.1 Å². The van der Waals surface area contributed by atoms with Gasteiger partial charge in [-0.15, -0.1) is 0 Å². The van der Waals surface area contributed by atoms with Crippen LogP contribution in [0.1, 0.15) is 33.6 Å². The Hall–Kier alpha value is -0.530. The van der Waals surface area contributed by atoms with Gasteiger partial charge in [-0.1, -0.05) is 20.3 Å². The monoisotopic (exact) mass is 156 g/mol. The molecule has 0 saturated carbocycles. The zero-order valence-corrected chi connectivity index (χ0v) is 7.76. The number of hydrogen-bond donors (Lipinski definition) is 0. The minimum atomic E-state index is 0.720. The Morgan fingerprint density at radius 3 is 2.45 bits per heavy atom. The van der Waals surface area contributed by atoms with E-state index < -0.39 is 0 Å². The Balaban J connectivity index is 3.41. The molecule has 65 valence electrons. The fraction of sp³-hybridized carbons (Fsp3) is 0.889. The van der Waals surface area contributed by atoms with E-state index >= 15 is 0 Å². The quantitative estimate of drug-likeness (QED) is 0.537. The van der Waals surface area contributed by atoms with Gasteiger partial charge in [0.15, 0.2) is 0 Å². The maximum atomic E-state index is 10.2. The van der Waals surface area contributed by atoms with Crippen LogP contribution in [0.3, 0.4) is 0 Å². The number of rotatable bonds is 6. The van der Waals surface area contributed by atoms with Gasteiger partial charge in [-0.25, -0.2) is 0 Å². The topological polar surface area (TPSA) is 20.3 Å². The van der Waals surface area contributed by atoms with E-state index in [1.807, 2.05) is 13.3 Å². The van der Waals surface area contributed by atoms with Crippen molar-refractivity contribution in [1.82, 2.24) is 4.90 Å². The molecule has 11 heavy (non-hydrogen) atoms. The van der Waals surface area contributed by atoms with Gasteiger partial charge in [0, 0.05) is 13.1 Å². The van der Waals surface area contributed by atoms with Gasteiger partial charge in [0.1, 0.15) is 0 Å². The second-order valence-corrected chi connectivity index (χ2v) is 2.97. The van der Waals surface area contributed by atoms with Crippen LogP contribution < -0.4 is 0 Å². The summed E-state index contributed by atoms with van der Waals surface area (Å²) < 4.78 is 0. The first-order valence-electron chi connectivity index (χ1n) is 4.37. The second-order valence-electron chi connectivity index (χ2n) is 2.97. The van der Waals surface area contributed by atoms with Gasteiger partial charge < -0.3 is 4.90 Å². The van der Waals surface area contributed by atoms with Crippen molar-refractivity contribution < 1.29 is 4.79 Å². The third-order valence-corrected chi connectivity index (χ3v) is 2.10. The summed E-state index contributed by atoms with van der Waals surface area (Å²) in [6.07, 6.45) is 4.20. The van der Waals surface area contributed by atoms with Gasteiger partial charge in [-0.3, -0.25) is 4.79 Å². The van der Waals surface area contributed by atoms with E-state index in [9.17, 15) is 4.79 Å². The first-order chi connectivity index (χ1) is 5.24. The van der Waals surface area contributed by atoms with E-state index in [1.54, 1.807) is 4.90 Å². The van der Waals surface area contributed by atoms with Gasteiger partial charge >= 0.3 is 6.41 Å². The average molecular weight is 156 g/mol. The molecular weight excluding hydrogens is 138 g/mol. The van der Waals surface area contributed by atoms with Gasteiger partial charge in [-0.2, -0.15) is 0 Å². The Labute approximate surface area is 69.6 Å². The highest BCUT2D eigenvalue weighted by molar-refractivity contribution is 5.47. The van der Waals surface area contributed by atoms with E-state index in [0.717, 1.165) is 25.4 Å². The number of carbonyl (C=O) groups excluding carboxylic acids is 1. The summed E-state index contributed by atoms with van der Waals surface area (Å²) in [4.78, 5) is 11.9. The summed E-state index contributed by atoms with van der Waals surface area (Å²) in [7, 11) is 0. The van der Waals surface area contributed by atoms with Crippen molar-refractivity contribution in [1.29, 1.82) is 0 Å². The maximum Gasteiger partial charge on any atom is 0.312 e. The largest absolute Gasteiger partial charge is 0.335 e. The van der Waals surface area contributed by atoms with Crippen molar-refractivity contribution in [3.8, 4) is 0 Å². The van der Waals surface area contributed by atoms with E-state index in [4.69, 9.17) is 0 Å². The molecule has 1 atom stereocenters. The zero-order valence-electron chi connectivity index (χ0n) is 7.76. The molecule has 0 bridgehead atoms. The number of nitrogens with zero attached hydrogens (tertiary/aromatic N) is 1. The Kier molecular flexibility index (Phi) is 5.90. The fourth-order valence-corrected chi connectivity index (χ4v) is 0.849. The molecule has 0 heterocycles. The zero-order chi connectivity index (χ0) is 8.69. The molecule has 0 aromatic heterocycles. The highest BCUT2D eigenvalue weighted by atomic mass is 16.1. The molecule has 1 amide bonds. The lowest BCUT2D eigenvalue weighted by Gasteiger charge is -2.15. The predicted octanol–water partition coefficient (Wildman–Crippen LogP) is 1.81. The average Bonchev–Trinajstić information content (AvgIpc) is 2.06. The molecule has 0 aliphatic carbocycles. The fourth-order valence-electron chi connectivity index (χ4n) is 0.849. The Morgan fingerprint density at radius 1 is 1.45 bits per heavy atom. The van der Waals surface area contributed by atoms with Crippen molar-refractivity contribution in [3.63, 3.8) is 0 Å². The van der Waals surface area contributed by atoms with E-state index in [1.165, 1.54) is 6.42 Å². The van der Waals surface area contributed by atoms with Crippen LogP contribution in [-0.4, -0.2) is 24.4 Å². The number of hydrogen-bond acceptors (Lipinski definition) is 1. The van der Waals surface area contributed by atoms with E-state index in [-0.39, 0.29) is 0 Å². The summed E-state index contributed by atoms with van der Waals surface area (Å²) in [5, 5.41) is 0. The summed E-state index contributed by atoms with van der Waals surface area (Å²) in [6.45, 7) is 7.99. The molecule has 0 saturated heterocycles. The van der Waals surface area contributed by atoms with Crippen LogP contribution in [0.25, 0.3) is 0 Å². The molecule has 0 rings (SSSR count). The van der Waals surface area contributed by atoms with Gasteiger partial charge in [0.2, 0.25) is 0 Å². The molecular formula is C9H18NO. The molecule has 1 radical (unpaired) electrons. The Bertz CT molecular complexity index is 104. The Morgan fingerprint density at radius 2 is 2.09 bits per heavy atom. The predicted molar refractivity (Wildman–Crippen MR) is 47.0 cm³/mol. The highest BCUT2D eigenvalue weighted by Crippen LogP contribution is 2.06. The van der Waals surface area contributed by atoms with Crippen molar-refractivity contribution >= 4 is 6.41 Å². The van der Waals surface area contributed by atoms with Crippen LogP contribution in [-0.2, 0) is 4.79 Å². The van der Waals surface area contributed by atoms with E-state index in [2.05, 4.69) is 13.8 Å². The van der Waals surface area contributed by atoms with Crippen molar-refractivity contribution in [2.45, 2.75) is 33.6 Å². The maximum absolute atomic E-state index is 10.2. The third-order valence-electron chi connectivity index (χ3n) is 2.10. The van der Waals surface area contributed by atoms with Crippen LogP contribution in [0.2, 0.25) is 0 Å². The normalized spacial score (nSPS) is 12.6. The van der Waals surface area contributed by atoms with Crippen LogP contribution >= 0.6 is 0 Å². The lowest BCUT2D eigenvalue weighted by Crippen LogP contribution is -2.23. The SMILES string of the molecule is CCC(C)CCN([C]=O)CC. The minimum Gasteiger partial charge on any atom is -0.335 e. The molecule has 0 aliphatic heterocycles. The molecule has 2 nitrogen and oxygen atoms in total. The smallest absolute Gasteiger partial charge is 0.312 e. The lowest BCUT2D eigenvalue weighted by molar-refractivity contribution is 0.356. The molecule has 0 aromatic rings. The third kappa shape index (κ3) is 4.82. The summed E-state index contributed by atoms with van der Waals surface area (Å²) in [5.74, 6) is 0.720. The van der Waals surface area contributed by atoms with Crippen LogP contribution in [0.15, 0.2) is 0 Å². The lowest BCUT2D eigenvalue weighted by atomic mass is 10.1. The first kappa shape index (κ1) is 10.5. The standard InChI is InChI=1S/C9H18NO/c1-4-9(3)6-7-10(5-2)8-11/h9H,4-7H2,1-3H3. The summed E-state index contributed by atoms with van der Waals surface area (Å²) in [5.41, 5.74) is 0. The molecule has 0 N–H and O–H groups in total. The molecule has 0 spiro atoms. The first-order valence-corrected chi connectivity index (χ1v) is 4.37. The summed E-state index contributed by atoms with van der Waals surface area (Å²) >= 11 is 0. The van der Waals surface area contributed by atoms with Crippen LogP contribution in [0.4, 0.5) is 0 Å².